The van der Waals surface area contributed by atoms with E-state index >= 15 is 0 Å². The minimum absolute atomic E-state index is 0.117. The van der Waals surface area contributed by atoms with Gasteiger partial charge in [0.25, 0.3) is 0 Å². The van der Waals surface area contributed by atoms with Crippen LogP contribution in [0.15, 0.2) is 36.5 Å². The summed E-state index contributed by atoms with van der Waals surface area (Å²) in [6.07, 6.45) is 2.18. The summed E-state index contributed by atoms with van der Waals surface area (Å²) in [6, 6.07) is 8.46. The number of rotatable bonds is 5. The van der Waals surface area contributed by atoms with Crippen molar-refractivity contribution in [2.45, 2.75) is 12.5 Å². The molecule has 1 atom stereocenters. The van der Waals surface area contributed by atoms with E-state index in [9.17, 15) is 13.2 Å². The van der Waals surface area contributed by atoms with E-state index in [1.54, 1.807) is 42.4 Å². The molecule has 1 aliphatic heterocycles. The Balaban J connectivity index is 1.77. The van der Waals surface area contributed by atoms with Crippen LogP contribution in [0.2, 0.25) is 0 Å². The number of esters is 1. The summed E-state index contributed by atoms with van der Waals surface area (Å²) in [4.78, 5) is 22.1. The van der Waals surface area contributed by atoms with Crippen molar-refractivity contribution in [2.24, 2.45) is 0 Å². The lowest BCUT2D eigenvalue weighted by Gasteiger charge is -2.23. The Morgan fingerprint density at radius 2 is 2.15 bits per heavy atom. The van der Waals surface area contributed by atoms with Gasteiger partial charge in [-0.05, 0) is 30.7 Å². The molecule has 0 saturated carbocycles. The highest BCUT2D eigenvalue weighted by Gasteiger charge is 2.31. The molecule has 8 nitrogen and oxygen atoms in total. The third-order valence-corrected chi connectivity index (χ3v) is 6.02. The fourth-order valence-electron chi connectivity index (χ4n) is 2.82. The maximum Gasteiger partial charge on any atom is 0.337 e. The van der Waals surface area contributed by atoms with Crippen molar-refractivity contribution >= 4 is 33.3 Å². The number of sulfone groups is 1. The van der Waals surface area contributed by atoms with E-state index in [1.165, 1.54) is 7.11 Å². The molecule has 26 heavy (non-hydrogen) atoms. The van der Waals surface area contributed by atoms with Gasteiger partial charge in [-0.1, -0.05) is 6.07 Å². The van der Waals surface area contributed by atoms with Gasteiger partial charge < -0.3 is 15.0 Å². The van der Waals surface area contributed by atoms with E-state index < -0.39 is 15.8 Å². The van der Waals surface area contributed by atoms with Crippen LogP contribution in [-0.4, -0.2) is 56.1 Å². The Labute approximate surface area is 152 Å². The third-order valence-electron chi connectivity index (χ3n) is 4.27. The van der Waals surface area contributed by atoms with Gasteiger partial charge in [-0.3, -0.25) is 0 Å². The Hall–Kier alpha value is -2.68. The summed E-state index contributed by atoms with van der Waals surface area (Å²) in [5.74, 6) is 0.886. The summed E-state index contributed by atoms with van der Waals surface area (Å²) in [6.45, 7) is 0. The number of methoxy groups -OCH3 is 1. The van der Waals surface area contributed by atoms with Crippen LogP contribution in [0.5, 0.6) is 0 Å². The van der Waals surface area contributed by atoms with Gasteiger partial charge >= 0.3 is 5.97 Å². The molecule has 3 rings (SSSR count). The highest BCUT2D eigenvalue weighted by atomic mass is 32.2. The van der Waals surface area contributed by atoms with Crippen LogP contribution in [0.1, 0.15) is 16.8 Å². The zero-order valence-corrected chi connectivity index (χ0v) is 15.4. The molecule has 0 radical (unpaired) electrons. The highest BCUT2D eigenvalue weighted by Crippen LogP contribution is 2.22. The normalized spacial score (nSPS) is 18.3. The number of aromatic nitrogens is 2. The first kappa shape index (κ1) is 18.1. The van der Waals surface area contributed by atoms with Crippen molar-refractivity contribution in [1.82, 2.24) is 9.97 Å². The molecule has 1 aromatic heterocycles. The minimum atomic E-state index is -2.98. The predicted molar refractivity (Wildman–Crippen MR) is 98.6 cm³/mol. The summed E-state index contributed by atoms with van der Waals surface area (Å²) in [5.41, 5.74) is 1.11. The topological polar surface area (TPSA) is 101 Å². The van der Waals surface area contributed by atoms with E-state index in [-0.39, 0.29) is 17.5 Å². The van der Waals surface area contributed by atoms with Crippen molar-refractivity contribution in [2.75, 3.05) is 35.9 Å². The molecule has 1 saturated heterocycles. The molecule has 1 aromatic carbocycles. The fourth-order valence-corrected chi connectivity index (χ4v) is 4.60. The van der Waals surface area contributed by atoms with Gasteiger partial charge in [0.05, 0.1) is 24.2 Å². The van der Waals surface area contributed by atoms with Crippen LogP contribution in [-0.2, 0) is 14.6 Å². The summed E-state index contributed by atoms with van der Waals surface area (Å²) < 4.78 is 28.1. The summed E-state index contributed by atoms with van der Waals surface area (Å²) in [5, 5.41) is 3.12. The number of hydrogen-bond acceptors (Lipinski definition) is 8. The van der Waals surface area contributed by atoms with Crippen molar-refractivity contribution in [3.05, 3.63) is 42.1 Å². The largest absolute Gasteiger partial charge is 0.465 e. The Morgan fingerprint density at radius 3 is 2.85 bits per heavy atom. The Bertz CT molecular complexity index is 916. The van der Waals surface area contributed by atoms with Gasteiger partial charge in [-0.15, -0.1) is 0 Å². The molecule has 2 heterocycles. The van der Waals surface area contributed by atoms with Gasteiger partial charge in [-0.2, -0.15) is 4.98 Å². The average molecular weight is 376 g/mol. The second-order valence-corrected chi connectivity index (χ2v) is 8.34. The summed E-state index contributed by atoms with van der Waals surface area (Å²) >= 11 is 0. The monoisotopic (exact) mass is 376 g/mol. The quantitative estimate of drug-likeness (QED) is 0.786. The maximum atomic E-state index is 11.7. The van der Waals surface area contributed by atoms with Crippen molar-refractivity contribution in [1.29, 1.82) is 0 Å². The molecule has 0 spiro atoms. The highest BCUT2D eigenvalue weighted by molar-refractivity contribution is 7.91. The molecule has 1 N–H and O–H groups in total. The molecule has 1 unspecified atom stereocenters. The van der Waals surface area contributed by atoms with Gasteiger partial charge in [0.1, 0.15) is 5.82 Å². The molecule has 0 aliphatic carbocycles. The lowest BCUT2D eigenvalue weighted by Crippen LogP contribution is -2.33. The smallest absolute Gasteiger partial charge is 0.337 e. The number of nitrogens with one attached hydrogen (secondary N) is 1. The molecule has 138 valence electrons. The number of nitrogens with zero attached hydrogens (tertiary/aromatic N) is 3. The van der Waals surface area contributed by atoms with E-state index in [2.05, 4.69) is 15.3 Å². The molecule has 0 bridgehead atoms. The van der Waals surface area contributed by atoms with Gasteiger partial charge in [-0.25, -0.2) is 18.2 Å². The first-order chi connectivity index (χ1) is 12.4. The lowest BCUT2D eigenvalue weighted by molar-refractivity contribution is 0.0601. The number of benzene rings is 1. The number of ether oxygens (including phenoxy) is 1. The zero-order valence-electron chi connectivity index (χ0n) is 14.5. The van der Waals surface area contributed by atoms with Crippen molar-refractivity contribution < 1.29 is 17.9 Å². The van der Waals surface area contributed by atoms with Crippen molar-refractivity contribution in [3.63, 3.8) is 0 Å². The van der Waals surface area contributed by atoms with E-state index in [4.69, 9.17) is 4.74 Å². The Kier molecular flexibility index (Phi) is 5.08. The van der Waals surface area contributed by atoms with E-state index in [1.807, 2.05) is 6.07 Å². The van der Waals surface area contributed by atoms with E-state index in [0.717, 1.165) is 0 Å². The van der Waals surface area contributed by atoms with Crippen LogP contribution in [0, 0.1) is 0 Å². The molecule has 9 heteroatoms. The number of hydrogen-bond donors (Lipinski definition) is 1. The van der Waals surface area contributed by atoms with Gasteiger partial charge in [0, 0.05) is 25.0 Å². The number of carbonyl (C=O) groups is 1. The molecule has 2 aromatic rings. The first-order valence-electron chi connectivity index (χ1n) is 8.10. The van der Waals surface area contributed by atoms with Crippen molar-refractivity contribution in [3.8, 4) is 0 Å². The molecule has 1 fully saturated rings. The number of anilines is 3. The van der Waals surface area contributed by atoms with Crippen LogP contribution >= 0.6 is 0 Å². The summed E-state index contributed by atoms with van der Waals surface area (Å²) in [7, 11) is 0.146. The van der Waals surface area contributed by atoms with Crippen LogP contribution < -0.4 is 10.2 Å². The molecular weight excluding hydrogens is 356 g/mol. The average Bonchev–Trinajstić information content (AvgIpc) is 3.00. The second-order valence-electron chi connectivity index (χ2n) is 6.11. The van der Waals surface area contributed by atoms with Crippen LogP contribution in [0.3, 0.4) is 0 Å². The van der Waals surface area contributed by atoms with Gasteiger partial charge in [0.15, 0.2) is 9.84 Å². The SMILES string of the molecule is COC(=O)c1cccc(Nc2ccnc(N(C)C3CCS(=O)(=O)C3)n2)c1. The lowest BCUT2D eigenvalue weighted by atomic mass is 10.2. The fraction of sp³-hybridized carbons (Fsp3) is 0.353. The van der Waals surface area contributed by atoms with Gasteiger partial charge in [0.2, 0.25) is 5.95 Å². The first-order valence-corrected chi connectivity index (χ1v) is 9.92. The molecule has 0 amide bonds. The second kappa shape index (κ2) is 7.28. The standard InChI is InChI=1S/C17H20N4O4S/c1-21(14-7-9-26(23,24)11-14)17-18-8-6-15(20-17)19-13-5-3-4-12(10-13)16(22)25-2/h3-6,8,10,14H,7,9,11H2,1-2H3,(H,18,19,20). The Morgan fingerprint density at radius 1 is 1.35 bits per heavy atom. The molecular formula is C17H20N4O4S. The predicted octanol–water partition coefficient (Wildman–Crippen LogP) is 1.63. The van der Waals surface area contributed by atoms with E-state index in [0.29, 0.717) is 29.4 Å². The maximum absolute atomic E-state index is 11.7. The van der Waals surface area contributed by atoms with Crippen LogP contribution in [0.25, 0.3) is 0 Å². The molecule has 1 aliphatic rings. The zero-order chi connectivity index (χ0) is 18.7. The third kappa shape index (κ3) is 4.10. The minimum Gasteiger partial charge on any atom is -0.465 e. The van der Waals surface area contributed by atoms with Crippen LogP contribution in [0.4, 0.5) is 17.5 Å². The number of carbonyl (C=O) groups excluding carboxylic acids is 1.